The minimum Gasteiger partial charge on any atom is -0.380 e. The molecule has 0 saturated carbocycles. The van der Waals surface area contributed by atoms with Crippen LogP contribution in [0, 0.1) is 0 Å². The lowest BCUT2D eigenvalue weighted by Gasteiger charge is -2.10. The summed E-state index contributed by atoms with van der Waals surface area (Å²) in [5, 5.41) is 0.783. The van der Waals surface area contributed by atoms with Crippen LogP contribution in [0.25, 0.3) is 11.0 Å². The Kier molecular flexibility index (Phi) is 4.76. The summed E-state index contributed by atoms with van der Waals surface area (Å²) in [6.45, 7) is 4.23. The van der Waals surface area contributed by atoms with Crippen LogP contribution in [0.4, 0.5) is 0 Å². The number of fused-ring (bicyclic) bond motifs is 1. The van der Waals surface area contributed by atoms with Crippen molar-refractivity contribution in [3.63, 3.8) is 0 Å². The average molecular weight is 315 g/mol. The van der Waals surface area contributed by atoms with Gasteiger partial charge in [0.2, 0.25) is 0 Å². The molecule has 0 atom stereocenters. The predicted molar refractivity (Wildman–Crippen MR) is 90.5 cm³/mol. The van der Waals surface area contributed by atoms with E-state index in [9.17, 15) is 0 Å². The van der Waals surface area contributed by atoms with Crippen LogP contribution in [-0.4, -0.2) is 22.8 Å². The molecule has 0 amide bonds. The average Bonchev–Trinajstić information content (AvgIpc) is 2.88. The lowest BCUT2D eigenvalue weighted by molar-refractivity contribution is 0.139. The quantitative estimate of drug-likeness (QED) is 0.634. The Hall–Kier alpha value is -1.84. The summed E-state index contributed by atoms with van der Waals surface area (Å²) in [5.74, 6) is 1.02. The maximum absolute atomic E-state index is 6.29. The number of benzene rings is 2. The SMILES string of the molecule is CCOCCn1c(Cc2ccccc2Cl)nc2ccccc21. The summed E-state index contributed by atoms with van der Waals surface area (Å²) in [4.78, 5) is 4.78. The van der Waals surface area contributed by atoms with Crippen molar-refractivity contribution in [3.05, 3.63) is 64.9 Å². The number of nitrogens with zero attached hydrogens (tertiary/aromatic N) is 2. The zero-order chi connectivity index (χ0) is 15.4. The highest BCUT2D eigenvalue weighted by molar-refractivity contribution is 6.31. The Morgan fingerprint density at radius 3 is 2.68 bits per heavy atom. The summed E-state index contributed by atoms with van der Waals surface area (Å²) in [6, 6.07) is 16.1. The number of rotatable bonds is 6. The van der Waals surface area contributed by atoms with Gasteiger partial charge < -0.3 is 9.30 Å². The molecule has 0 spiro atoms. The van der Waals surface area contributed by atoms with Gasteiger partial charge in [-0.15, -0.1) is 0 Å². The molecule has 0 saturated heterocycles. The Labute approximate surface area is 135 Å². The fraction of sp³-hybridized carbons (Fsp3) is 0.278. The van der Waals surface area contributed by atoms with Crippen molar-refractivity contribution in [1.29, 1.82) is 0 Å². The van der Waals surface area contributed by atoms with Crippen LogP contribution in [0.5, 0.6) is 0 Å². The van der Waals surface area contributed by atoms with E-state index in [1.54, 1.807) is 0 Å². The highest BCUT2D eigenvalue weighted by Crippen LogP contribution is 2.22. The number of hydrogen-bond donors (Lipinski definition) is 0. The zero-order valence-electron chi connectivity index (χ0n) is 12.6. The van der Waals surface area contributed by atoms with Gasteiger partial charge in [-0.05, 0) is 30.7 Å². The van der Waals surface area contributed by atoms with Crippen LogP contribution in [0.3, 0.4) is 0 Å². The molecule has 1 aromatic heterocycles. The molecule has 114 valence electrons. The van der Waals surface area contributed by atoms with Gasteiger partial charge in [-0.2, -0.15) is 0 Å². The van der Waals surface area contributed by atoms with Crippen molar-refractivity contribution in [3.8, 4) is 0 Å². The van der Waals surface area contributed by atoms with E-state index < -0.39 is 0 Å². The van der Waals surface area contributed by atoms with Crippen molar-refractivity contribution in [2.45, 2.75) is 19.9 Å². The summed E-state index contributed by atoms with van der Waals surface area (Å²) in [5.41, 5.74) is 3.25. The number of hydrogen-bond acceptors (Lipinski definition) is 2. The standard InChI is InChI=1S/C18H19ClN2O/c1-2-22-12-11-21-17-10-6-5-9-16(17)20-18(21)13-14-7-3-4-8-15(14)19/h3-10H,2,11-13H2,1H3. The molecular weight excluding hydrogens is 296 g/mol. The van der Waals surface area contributed by atoms with Gasteiger partial charge in [-0.1, -0.05) is 41.9 Å². The van der Waals surface area contributed by atoms with Gasteiger partial charge in [0.05, 0.1) is 17.6 Å². The minimum atomic E-state index is 0.687. The first-order chi connectivity index (χ1) is 10.8. The lowest BCUT2D eigenvalue weighted by atomic mass is 10.1. The number of imidazole rings is 1. The van der Waals surface area contributed by atoms with Gasteiger partial charge in [0, 0.05) is 24.6 Å². The summed E-state index contributed by atoms with van der Waals surface area (Å²) in [7, 11) is 0. The van der Waals surface area contributed by atoms with Crippen LogP contribution in [0.15, 0.2) is 48.5 Å². The van der Waals surface area contributed by atoms with E-state index in [0.717, 1.165) is 47.0 Å². The summed E-state index contributed by atoms with van der Waals surface area (Å²) >= 11 is 6.29. The normalized spacial score (nSPS) is 11.2. The fourth-order valence-electron chi connectivity index (χ4n) is 2.62. The molecule has 0 bridgehead atoms. The topological polar surface area (TPSA) is 27.1 Å². The van der Waals surface area contributed by atoms with E-state index in [1.165, 1.54) is 0 Å². The molecule has 0 aliphatic carbocycles. The largest absolute Gasteiger partial charge is 0.380 e. The maximum atomic E-state index is 6.29. The van der Waals surface area contributed by atoms with Crippen molar-refractivity contribution >= 4 is 22.6 Å². The third-order valence-corrected chi connectivity index (χ3v) is 4.07. The van der Waals surface area contributed by atoms with Crippen LogP contribution in [0.1, 0.15) is 18.3 Å². The summed E-state index contributed by atoms with van der Waals surface area (Å²) < 4.78 is 7.74. The highest BCUT2D eigenvalue weighted by atomic mass is 35.5. The smallest absolute Gasteiger partial charge is 0.114 e. The number of aromatic nitrogens is 2. The van der Waals surface area contributed by atoms with Crippen LogP contribution >= 0.6 is 11.6 Å². The molecule has 22 heavy (non-hydrogen) atoms. The van der Waals surface area contributed by atoms with E-state index in [-0.39, 0.29) is 0 Å². The third-order valence-electron chi connectivity index (χ3n) is 3.70. The van der Waals surface area contributed by atoms with Gasteiger partial charge in [0.1, 0.15) is 5.82 Å². The van der Waals surface area contributed by atoms with Gasteiger partial charge in [-0.3, -0.25) is 0 Å². The number of halogens is 1. The second-order valence-corrected chi connectivity index (χ2v) is 5.54. The highest BCUT2D eigenvalue weighted by Gasteiger charge is 2.12. The minimum absolute atomic E-state index is 0.687. The number of ether oxygens (including phenoxy) is 1. The zero-order valence-corrected chi connectivity index (χ0v) is 13.4. The first kappa shape index (κ1) is 15.1. The second kappa shape index (κ2) is 6.95. The molecule has 0 fully saturated rings. The molecule has 0 aliphatic heterocycles. The molecule has 3 nitrogen and oxygen atoms in total. The van der Waals surface area contributed by atoms with Crippen molar-refractivity contribution in [2.24, 2.45) is 0 Å². The molecule has 1 heterocycles. The monoisotopic (exact) mass is 314 g/mol. The molecular formula is C18H19ClN2O. The third kappa shape index (κ3) is 3.16. The Morgan fingerprint density at radius 1 is 1.09 bits per heavy atom. The lowest BCUT2D eigenvalue weighted by Crippen LogP contribution is -2.10. The number of para-hydroxylation sites is 2. The first-order valence-corrected chi connectivity index (χ1v) is 7.92. The maximum Gasteiger partial charge on any atom is 0.114 e. The molecule has 2 aromatic carbocycles. The fourth-order valence-corrected chi connectivity index (χ4v) is 2.82. The van der Waals surface area contributed by atoms with Gasteiger partial charge in [-0.25, -0.2) is 4.98 Å². The molecule has 3 rings (SSSR count). The Morgan fingerprint density at radius 2 is 1.86 bits per heavy atom. The van der Waals surface area contributed by atoms with Crippen molar-refractivity contribution in [1.82, 2.24) is 9.55 Å². The molecule has 3 aromatic rings. The van der Waals surface area contributed by atoms with Crippen molar-refractivity contribution in [2.75, 3.05) is 13.2 Å². The summed E-state index contributed by atoms with van der Waals surface area (Å²) in [6.07, 6.45) is 0.723. The Bertz CT molecular complexity index is 767. The van der Waals surface area contributed by atoms with E-state index in [1.807, 2.05) is 43.3 Å². The van der Waals surface area contributed by atoms with Gasteiger partial charge in [0.25, 0.3) is 0 Å². The van der Waals surface area contributed by atoms with Crippen LogP contribution in [0.2, 0.25) is 5.02 Å². The van der Waals surface area contributed by atoms with Gasteiger partial charge in [0.15, 0.2) is 0 Å². The van der Waals surface area contributed by atoms with Gasteiger partial charge >= 0.3 is 0 Å². The molecule has 0 radical (unpaired) electrons. The van der Waals surface area contributed by atoms with Crippen LogP contribution in [-0.2, 0) is 17.7 Å². The van der Waals surface area contributed by atoms with E-state index in [0.29, 0.717) is 6.61 Å². The van der Waals surface area contributed by atoms with Crippen molar-refractivity contribution < 1.29 is 4.74 Å². The predicted octanol–water partition coefficient (Wildman–Crippen LogP) is 4.32. The van der Waals surface area contributed by atoms with E-state index in [4.69, 9.17) is 21.3 Å². The first-order valence-electron chi connectivity index (χ1n) is 7.55. The Balaban J connectivity index is 1.97. The second-order valence-electron chi connectivity index (χ2n) is 5.13. The molecule has 4 heteroatoms. The molecule has 0 aliphatic rings. The van der Waals surface area contributed by atoms with E-state index >= 15 is 0 Å². The van der Waals surface area contributed by atoms with E-state index in [2.05, 4.69) is 16.7 Å². The van der Waals surface area contributed by atoms with Crippen LogP contribution < -0.4 is 0 Å². The molecule has 0 unspecified atom stereocenters. The molecule has 0 N–H and O–H groups in total.